The van der Waals surface area contributed by atoms with E-state index in [0.29, 0.717) is 45.4 Å². The summed E-state index contributed by atoms with van der Waals surface area (Å²) in [4.78, 5) is 28.8. The maximum atomic E-state index is 12.3. The van der Waals surface area contributed by atoms with Crippen LogP contribution in [0.3, 0.4) is 0 Å². The Morgan fingerprint density at radius 3 is 1.35 bits per heavy atom. The number of rotatable bonds is 18. The molecule has 1 aliphatic rings. The van der Waals surface area contributed by atoms with Crippen LogP contribution in [0, 0.1) is 0 Å². The van der Waals surface area contributed by atoms with Gasteiger partial charge in [-0.1, -0.05) is 34.6 Å². The highest BCUT2D eigenvalue weighted by Crippen LogP contribution is 2.19. The minimum atomic E-state index is -0.859. The van der Waals surface area contributed by atoms with Crippen LogP contribution in [0.4, 0.5) is 0 Å². The van der Waals surface area contributed by atoms with Gasteiger partial charge >= 0.3 is 11.9 Å². The zero-order chi connectivity index (χ0) is 28.8. The minimum Gasteiger partial charge on any atom is -0.448 e. The molecule has 9 heteroatoms. The van der Waals surface area contributed by atoms with Crippen molar-refractivity contribution in [2.24, 2.45) is 0 Å². The van der Waals surface area contributed by atoms with Crippen molar-refractivity contribution in [1.82, 2.24) is 9.80 Å². The van der Waals surface area contributed by atoms with E-state index < -0.39 is 36.4 Å². The summed E-state index contributed by atoms with van der Waals surface area (Å²) in [6, 6.07) is 0. The quantitative estimate of drug-likeness (QED) is 0.180. The first-order chi connectivity index (χ1) is 17.6. The molecule has 1 aliphatic heterocycles. The molecule has 0 aromatic carbocycles. The lowest BCUT2D eigenvalue weighted by Gasteiger charge is -2.28. The Hall–Kier alpha value is -1.26. The molecule has 1 saturated heterocycles. The molecular formula is C28H58N2O7. The number of carbonyl (C=O) groups is 2. The van der Waals surface area contributed by atoms with Crippen LogP contribution in [0.15, 0.2) is 0 Å². The van der Waals surface area contributed by atoms with Gasteiger partial charge in [-0.3, -0.25) is 4.90 Å². The normalized spacial score (nSPS) is 19.7. The van der Waals surface area contributed by atoms with Crippen LogP contribution in [-0.2, 0) is 19.1 Å². The van der Waals surface area contributed by atoms with Crippen molar-refractivity contribution in [3.05, 3.63) is 0 Å². The van der Waals surface area contributed by atoms with Gasteiger partial charge in [0.2, 0.25) is 0 Å². The Kier molecular flexibility index (Phi) is 24.4. The third-order valence-corrected chi connectivity index (χ3v) is 5.53. The summed E-state index contributed by atoms with van der Waals surface area (Å²) in [5, 5.41) is 28.8. The first-order valence-corrected chi connectivity index (χ1v) is 14.5. The van der Waals surface area contributed by atoms with E-state index in [-0.39, 0.29) is 6.10 Å². The molecule has 1 fully saturated rings. The van der Waals surface area contributed by atoms with E-state index >= 15 is 0 Å². The molecule has 1 rings (SSSR count). The number of nitrogens with zero attached hydrogens (tertiary/aromatic N) is 2. The van der Waals surface area contributed by atoms with E-state index in [4.69, 9.17) is 9.47 Å². The lowest BCUT2D eigenvalue weighted by molar-refractivity contribution is -0.196. The molecule has 37 heavy (non-hydrogen) atoms. The second-order valence-electron chi connectivity index (χ2n) is 9.45. The molecule has 3 N–H and O–H groups in total. The fourth-order valence-electron chi connectivity index (χ4n) is 4.20. The molecule has 222 valence electrons. The standard InChI is InChI=1S/C24H46N2O7.2C2H6/c1-5-12-25(15-18(2)27)13-8-6-10-21-23(30)33-22(24(31)32-21)11-7-9-14-26(16-19(3)28)17-20(4)29;2*1-2/h18-22,27-29H,5-17H2,1-4H3;2*1-2H3/t18?,19-,20?,21?,22?;;/m1../s1. The second kappa shape index (κ2) is 23.8. The van der Waals surface area contributed by atoms with Crippen LogP contribution in [-0.4, -0.2) is 107 Å². The number of hydrogen-bond acceptors (Lipinski definition) is 9. The number of esters is 2. The fourth-order valence-corrected chi connectivity index (χ4v) is 4.20. The average molecular weight is 535 g/mol. The van der Waals surface area contributed by atoms with E-state index in [9.17, 15) is 24.9 Å². The van der Waals surface area contributed by atoms with Crippen LogP contribution >= 0.6 is 0 Å². The SMILES string of the molecule is CC.CC.CCCN(CCCCC1OC(=O)C(CCCCN(CC(C)O)C[C@@H](C)O)OC1=O)CC(C)O. The molecule has 9 nitrogen and oxygen atoms in total. The summed E-state index contributed by atoms with van der Waals surface area (Å²) in [5.74, 6) is -0.954. The zero-order valence-electron chi connectivity index (χ0n) is 24.9. The first-order valence-electron chi connectivity index (χ1n) is 14.5. The van der Waals surface area contributed by atoms with Crippen molar-refractivity contribution in [2.45, 2.75) is 131 Å². The largest absolute Gasteiger partial charge is 0.448 e. The third-order valence-electron chi connectivity index (χ3n) is 5.53. The topological polar surface area (TPSA) is 120 Å². The lowest BCUT2D eigenvalue weighted by atomic mass is 10.1. The molecular weight excluding hydrogens is 476 g/mol. The van der Waals surface area contributed by atoms with Gasteiger partial charge in [0.05, 0.1) is 18.3 Å². The van der Waals surface area contributed by atoms with Gasteiger partial charge in [-0.05, 0) is 85.4 Å². The Morgan fingerprint density at radius 2 is 1.00 bits per heavy atom. The summed E-state index contributed by atoms with van der Waals surface area (Å²) in [6.07, 6.45) is 1.84. The van der Waals surface area contributed by atoms with Gasteiger partial charge in [-0.2, -0.15) is 0 Å². The van der Waals surface area contributed by atoms with Crippen molar-refractivity contribution in [2.75, 3.05) is 39.3 Å². The fraction of sp³-hybridized carbons (Fsp3) is 0.929. The number of cyclic esters (lactones) is 2. The number of ether oxygens (including phenoxy) is 2. The van der Waals surface area contributed by atoms with Crippen LogP contribution in [0.5, 0.6) is 0 Å². The predicted octanol–water partition coefficient (Wildman–Crippen LogP) is 3.37. The van der Waals surface area contributed by atoms with Gasteiger partial charge < -0.3 is 29.7 Å². The second-order valence-corrected chi connectivity index (χ2v) is 9.45. The van der Waals surface area contributed by atoms with E-state index in [0.717, 1.165) is 38.8 Å². The number of hydrogen-bond donors (Lipinski definition) is 3. The monoisotopic (exact) mass is 534 g/mol. The highest BCUT2D eigenvalue weighted by molar-refractivity contribution is 5.87. The Morgan fingerprint density at radius 1 is 0.649 bits per heavy atom. The maximum absolute atomic E-state index is 12.3. The number of unbranched alkanes of at least 4 members (excludes halogenated alkanes) is 2. The Labute approximate surface area is 226 Å². The van der Waals surface area contributed by atoms with Gasteiger partial charge in [0, 0.05) is 19.6 Å². The zero-order valence-corrected chi connectivity index (χ0v) is 24.9. The molecule has 0 aromatic heterocycles. The number of aliphatic hydroxyl groups is 3. The van der Waals surface area contributed by atoms with Crippen molar-refractivity contribution in [3.8, 4) is 0 Å². The summed E-state index contributed by atoms with van der Waals surface area (Å²) in [6.45, 7) is 19.3. The van der Waals surface area contributed by atoms with Gasteiger partial charge in [-0.25, -0.2) is 9.59 Å². The molecule has 0 amide bonds. The van der Waals surface area contributed by atoms with Crippen LogP contribution in [0.25, 0.3) is 0 Å². The number of carbonyl (C=O) groups excluding carboxylic acids is 2. The summed E-state index contributed by atoms with van der Waals surface area (Å²) >= 11 is 0. The summed E-state index contributed by atoms with van der Waals surface area (Å²) in [5.41, 5.74) is 0. The van der Waals surface area contributed by atoms with Gasteiger partial charge in [0.1, 0.15) is 0 Å². The van der Waals surface area contributed by atoms with Crippen LogP contribution in [0.2, 0.25) is 0 Å². The molecule has 0 bridgehead atoms. The minimum absolute atomic E-state index is 0.373. The van der Waals surface area contributed by atoms with Gasteiger partial charge in [0.15, 0.2) is 12.2 Å². The molecule has 0 spiro atoms. The summed E-state index contributed by atoms with van der Waals surface area (Å²) in [7, 11) is 0. The highest BCUT2D eigenvalue weighted by Gasteiger charge is 2.37. The predicted molar refractivity (Wildman–Crippen MR) is 148 cm³/mol. The summed E-state index contributed by atoms with van der Waals surface area (Å²) < 4.78 is 10.7. The van der Waals surface area contributed by atoms with Gasteiger partial charge in [0.25, 0.3) is 0 Å². The van der Waals surface area contributed by atoms with Crippen molar-refractivity contribution in [3.63, 3.8) is 0 Å². The highest BCUT2D eigenvalue weighted by atomic mass is 16.6. The van der Waals surface area contributed by atoms with Crippen LogP contribution < -0.4 is 0 Å². The van der Waals surface area contributed by atoms with E-state index in [1.54, 1.807) is 20.8 Å². The molecule has 5 atom stereocenters. The molecule has 0 aliphatic carbocycles. The molecule has 4 unspecified atom stereocenters. The number of aliphatic hydroxyl groups excluding tert-OH is 3. The average Bonchev–Trinajstić information content (AvgIpc) is 2.83. The Bertz CT molecular complexity index is 549. The van der Waals surface area contributed by atoms with Crippen molar-refractivity contribution in [1.29, 1.82) is 0 Å². The van der Waals surface area contributed by atoms with E-state index in [1.807, 2.05) is 32.6 Å². The van der Waals surface area contributed by atoms with E-state index in [1.165, 1.54) is 0 Å². The smallest absolute Gasteiger partial charge is 0.348 e. The lowest BCUT2D eigenvalue weighted by Crippen LogP contribution is -2.44. The third kappa shape index (κ3) is 19.5. The molecule has 0 aromatic rings. The van der Waals surface area contributed by atoms with Crippen molar-refractivity contribution < 1.29 is 34.4 Å². The van der Waals surface area contributed by atoms with Gasteiger partial charge in [-0.15, -0.1) is 0 Å². The Balaban J connectivity index is 0. The maximum Gasteiger partial charge on any atom is 0.348 e. The first kappa shape index (κ1) is 37.9. The van der Waals surface area contributed by atoms with Crippen molar-refractivity contribution >= 4 is 11.9 Å². The van der Waals surface area contributed by atoms with Crippen LogP contribution in [0.1, 0.15) is 100 Å². The molecule has 1 heterocycles. The molecule has 0 radical (unpaired) electrons. The van der Waals surface area contributed by atoms with E-state index in [2.05, 4.69) is 11.8 Å². The molecule has 0 saturated carbocycles.